The lowest BCUT2D eigenvalue weighted by molar-refractivity contribution is -0.143. The SMILES string of the molecule is C=CC(=O)O[C@@H](CC=CCCCCCCCC(=O)O)CCCCCC. The number of hydrogen-bond acceptors (Lipinski definition) is 3. The zero-order chi connectivity index (χ0) is 18.8. The summed E-state index contributed by atoms with van der Waals surface area (Å²) in [5.41, 5.74) is 0. The van der Waals surface area contributed by atoms with E-state index in [4.69, 9.17) is 9.84 Å². The van der Waals surface area contributed by atoms with Gasteiger partial charge >= 0.3 is 11.9 Å². The van der Waals surface area contributed by atoms with E-state index in [-0.39, 0.29) is 18.5 Å². The highest BCUT2D eigenvalue weighted by atomic mass is 16.5. The summed E-state index contributed by atoms with van der Waals surface area (Å²) < 4.78 is 5.41. The zero-order valence-corrected chi connectivity index (χ0v) is 15.9. The van der Waals surface area contributed by atoms with E-state index in [2.05, 4.69) is 25.7 Å². The van der Waals surface area contributed by atoms with E-state index in [1.807, 2.05) is 0 Å². The fourth-order valence-electron chi connectivity index (χ4n) is 2.67. The molecule has 0 spiro atoms. The standard InChI is InChI=1S/C21H36O4/c1-3-5-6-13-16-19(25-21(24)4-2)17-14-11-9-7-8-10-12-15-18-20(22)23/h4,11,14,19H,2-3,5-10,12-13,15-18H2,1H3,(H,22,23)/t19-/m1/s1. The Morgan fingerprint density at radius 3 is 2.36 bits per heavy atom. The van der Waals surface area contributed by atoms with Crippen LogP contribution in [0.5, 0.6) is 0 Å². The lowest BCUT2D eigenvalue weighted by Gasteiger charge is -2.15. The number of rotatable bonds is 17. The van der Waals surface area contributed by atoms with Crippen LogP contribution in [0.15, 0.2) is 24.8 Å². The second-order valence-electron chi connectivity index (χ2n) is 6.52. The number of unbranched alkanes of at least 4 members (excludes halogenated alkanes) is 8. The van der Waals surface area contributed by atoms with Crippen molar-refractivity contribution in [2.75, 3.05) is 0 Å². The first kappa shape index (κ1) is 23.4. The van der Waals surface area contributed by atoms with Crippen molar-refractivity contribution in [3.8, 4) is 0 Å². The zero-order valence-electron chi connectivity index (χ0n) is 15.9. The molecule has 0 aromatic heterocycles. The molecule has 0 rings (SSSR count). The van der Waals surface area contributed by atoms with Crippen LogP contribution in [0, 0.1) is 0 Å². The Labute approximate surface area is 153 Å². The third kappa shape index (κ3) is 17.0. The van der Waals surface area contributed by atoms with Gasteiger partial charge in [-0.25, -0.2) is 4.79 Å². The van der Waals surface area contributed by atoms with E-state index in [1.54, 1.807) is 0 Å². The fraction of sp³-hybridized carbons (Fsp3) is 0.714. The van der Waals surface area contributed by atoms with Gasteiger partial charge in [0.25, 0.3) is 0 Å². The van der Waals surface area contributed by atoms with Crippen LogP contribution >= 0.6 is 0 Å². The van der Waals surface area contributed by atoms with E-state index in [0.29, 0.717) is 0 Å². The van der Waals surface area contributed by atoms with Crippen molar-refractivity contribution in [2.45, 2.75) is 96.5 Å². The van der Waals surface area contributed by atoms with Gasteiger partial charge in [0.1, 0.15) is 6.10 Å². The Balaban J connectivity index is 3.81. The van der Waals surface area contributed by atoms with Gasteiger partial charge in [-0.05, 0) is 32.1 Å². The summed E-state index contributed by atoms with van der Waals surface area (Å²) in [6.07, 6.45) is 18.3. The molecule has 0 fully saturated rings. The molecule has 0 amide bonds. The molecule has 144 valence electrons. The molecule has 4 heteroatoms. The van der Waals surface area contributed by atoms with Crippen molar-refractivity contribution in [1.82, 2.24) is 0 Å². The Bertz CT molecular complexity index is 387. The normalized spacial score (nSPS) is 12.2. The maximum absolute atomic E-state index is 11.4. The Morgan fingerprint density at radius 2 is 1.68 bits per heavy atom. The number of carbonyl (C=O) groups is 2. The van der Waals surface area contributed by atoms with Crippen LogP contribution in [0.25, 0.3) is 0 Å². The minimum absolute atomic E-state index is 0.0466. The summed E-state index contributed by atoms with van der Waals surface area (Å²) in [6.45, 7) is 5.64. The van der Waals surface area contributed by atoms with Crippen LogP contribution < -0.4 is 0 Å². The highest BCUT2D eigenvalue weighted by molar-refractivity contribution is 5.81. The van der Waals surface area contributed by atoms with E-state index in [0.717, 1.165) is 57.8 Å². The minimum atomic E-state index is -0.704. The quantitative estimate of drug-likeness (QED) is 0.155. The number of carboxylic acid groups (broad SMARTS) is 1. The number of ether oxygens (including phenoxy) is 1. The molecule has 0 radical (unpaired) electrons. The number of esters is 1. The van der Waals surface area contributed by atoms with Gasteiger partial charge in [0.2, 0.25) is 0 Å². The van der Waals surface area contributed by atoms with Gasteiger partial charge < -0.3 is 9.84 Å². The van der Waals surface area contributed by atoms with Crippen LogP contribution in [-0.4, -0.2) is 23.1 Å². The average molecular weight is 353 g/mol. The molecule has 0 bridgehead atoms. The summed E-state index contributed by atoms with van der Waals surface area (Å²) >= 11 is 0. The second kappa shape index (κ2) is 17.2. The van der Waals surface area contributed by atoms with Gasteiger partial charge in [0.15, 0.2) is 0 Å². The molecular formula is C21H36O4. The first-order valence-electron chi connectivity index (χ1n) is 9.80. The third-order valence-corrected chi connectivity index (χ3v) is 4.16. The van der Waals surface area contributed by atoms with Gasteiger partial charge in [-0.2, -0.15) is 0 Å². The summed E-state index contributed by atoms with van der Waals surface area (Å²) in [6, 6.07) is 0. The molecule has 0 aromatic rings. The molecular weight excluding hydrogens is 316 g/mol. The van der Waals surface area contributed by atoms with Crippen molar-refractivity contribution in [1.29, 1.82) is 0 Å². The molecule has 0 aliphatic carbocycles. The van der Waals surface area contributed by atoms with Crippen LogP contribution in [0.3, 0.4) is 0 Å². The predicted octanol–water partition coefficient (Wildman–Crippen LogP) is 5.82. The summed E-state index contributed by atoms with van der Waals surface area (Å²) in [7, 11) is 0. The van der Waals surface area contributed by atoms with Crippen molar-refractivity contribution in [3.63, 3.8) is 0 Å². The first-order valence-corrected chi connectivity index (χ1v) is 9.80. The van der Waals surface area contributed by atoms with E-state index in [1.165, 1.54) is 25.3 Å². The molecule has 4 nitrogen and oxygen atoms in total. The third-order valence-electron chi connectivity index (χ3n) is 4.16. The van der Waals surface area contributed by atoms with Crippen molar-refractivity contribution < 1.29 is 19.4 Å². The van der Waals surface area contributed by atoms with E-state index in [9.17, 15) is 9.59 Å². The smallest absolute Gasteiger partial charge is 0.330 e. The monoisotopic (exact) mass is 352 g/mol. The number of carbonyl (C=O) groups excluding carboxylic acids is 1. The molecule has 0 aliphatic rings. The van der Waals surface area contributed by atoms with Gasteiger partial charge in [0.05, 0.1) is 0 Å². The molecule has 25 heavy (non-hydrogen) atoms. The summed E-state index contributed by atoms with van der Waals surface area (Å²) in [5, 5.41) is 8.56. The molecule has 0 aliphatic heterocycles. The largest absolute Gasteiger partial charge is 0.481 e. The van der Waals surface area contributed by atoms with E-state index < -0.39 is 5.97 Å². The lowest BCUT2D eigenvalue weighted by atomic mass is 10.1. The Hall–Kier alpha value is -1.58. The number of hydrogen-bond donors (Lipinski definition) is 1. The molecule has 0 saturated heterocycles. The number of carboxylic acids is 1. The molecule has 0 saturated carbocycles. The van der Waals surface area contributed by atoms with Crippen LogP contribution in [0.4, 0.5) is 0 Å². The molecule has 0 heterocycles. The van der Waals surface area contributed by atoms with Crippen LogP contribution in [0.1, 0.15) is 90.4 Å². The molecule has 0 aromatic carbocycles. The van der Waals surface area contributed by atoms with Crippen LogP contribution in [-0.2, 0) is 14.3 Å². The molecule has 1 N–H and O–H groups in total. The topological polar surface area (TPSA) is 63.6 Å². The van der Waals surface area contributed by atoms with E-state index >= 15 is 0 Å². The van der Waals surface area contributed by atoms with Gasteiger partial charge in [-0.3, -0.25) is 4.79 Å². The number of allylic oxidation sites excluding steroid dienone is 1. The van der Waals surface area contributed by atoms with Gasteiger partial charge in [-0.1, -0.05) is 64.2 Å². The molecule has 1 atom stereocenters. The molecule has 0 unspecified atom stereocenters. The van der Waals surface area contributed by atoms with Crippen LogP contribution in [0.2, 0.25) is 0 Å². The minimum Gasteiger partial charge on any atom is -0.481 e. The Kier molecular flexibility index (Phi) is 16.2. The number of aliphatic carboxylic acids is 1. The summed E-state index contributed by atoms with van der Waals surface area (Å²) in [5.74, 6) is -1.04. The summed E-state index contributed by atoms with van der Waals surface area (Å²) in [4.78, 5) is 21.8. The van der Waals surface area contributed by atoms with Crippen molar-refractivity contribution >= 4 is 11.9 Å². The van der Waals surface area contributed by atoms with Gasteiger partial charge in [-0.15, -0.1) is 0 Å². The first-order chi connectivity index (χ1) is 12.1. The fourth-order valence-corrected chi connectivity index (χ4v) is 2.67. The van der Waals surface area contributed by atoms with Gasteiger partial charge in [0, 0.05) is 18.9 Å². The van der Waals surface area contributed by atoms with Crippen molar-refractivity contribution in [3.05, 3.63) is 24.8 Å². The Morgan fingerprint density at radius 1 is 1.00 bits per heavy atom. The average Bonchev–Trinajstić information content (AvgIpc) is 2.59. The highest BCUT2D eigenvalue weighted by Gasteiger charge is 2.10. The predicted molar refractivity (Wildman–Crippen MR) is 103 cm³/mol. The van der Waals surface area contributed by atoms with Crippen molar-refractivity contribution in [2.24, 2.45) is 0 Å². The lowest BCUT2D eigenvalue weighted by Crippen LogP contribution is -2.16. The second-order valence-corrected chi connectivity index (χ2v) is 6.52. The maximum Gasteiger partial charge on any atom is 0.330 e. The maximum atomic E-state index is 11.4. The highest BCUT2D eigenvalue weighted by Crippen LogP contribution is 2.13.